The van der Waals surface area contributed by atoms with E-state index in [4.69, 9.17) is 23.4 Å². The highest BCUT2D eigenvalue weighted by Gasteiger charge is 2.19. The van der Waals surface area contributed by atoms with Gasteiger partial charge in [-0.3, -0.25) is 4.79 Å². The highest BCUT2D eigenvalue weighted by Crippen LogP contribution is 2.39. The maximum atomic E-state index is 13.1. The lowest BCUT2D eigenvalue weighted by Crippen LogP contribution is -2.13. The second-order valence-corrected chi connectivity index (χ2v) is 7.48. The number of fused-ring (bicyclic) bond motifs is 1. The number of hydrogen-bond donors (Lipinski definition) is 1. The molecular weight excluding hydrogens is 448 g/mol. The smallest absolute Gasteiger partial charge is 0.255 e. The number of oxazole rings is 1. The van der Waals surface area contributed by atoms with E-state index in [1.807, 2.05) is 45.0 Å². The van der Waals surface area contributed by atoms with Crippen LogP contribution in [0.2, 0.25) is 0 Å². The van der Waals surface area contributed by atoms with Crippen molar-refractivity contribution in [3.63, 3.8) is 0 Å². The van der Waals surface area contributed by atoms with E-state index in [0.717, 1.165) is 11.3 Å². The van der Waals surface area contributed by atoms with Gasteiger partial charge in [0.25, 0.3) is 5.91 Å². The van der Waals surface area contributed by atoms with Crippen LogP contribution in [-0.4, -0.2) is 37.8 Å². The summed E-state index contributed by atoms with van der Waals surface area (Å²) >= 11 is 0. The number of carbonyl (C=O) groups is 1. The largest absolute Gasteiger partial charge is 0.497 e. The number of aromatic nitrogens is 1. The van der Waals surface area contributed by atoms with E-state index >= 15 is 0 Å². The van der Waals surface area contributed by atoms with Gasteiger partial charge in [0, 0.05) is 22.9 Å². The van der Waals surface area contributed by atoms with Gasteiger partial charge in [0.1, 0.15) is 11.3 Å². The summed E-state index contributed by atoms with van der Waals surface area (Å²) in [6.45, 7) is 6.92. The molecule has 35 heavy (non-hydrogen) atoms. The lowest BCUT2D eigenvalue weighted by atomic mass is 10.1. The molecule has 0 saturated heterocycles. The first kappa shape index (κ1) is 23.9. The quantitative estimate of drug-likeness (QED) is 0.302. The van der Waals surface area contributed by atoms with Crippen molar-refractivity contribution in [3.8, 4) is 34.5 Å². The fourth-order valence-electron chi connectivity index (χ4n) is 3.58. The van der Waals surface area contributed by atoms with Gasteiger partial charge in [-0.05, 0) is 69.3 Å². The maximum absolute atomic E-state index is 13.1. The normalized spacial score (nSPS) is 10.7. The number of carbonyl (C=O) groups excluding carboxylic acids is 1. The SMILES string of the molecule is CCOc1cc(C(=O)Nc2ccc3nc(-c4ccc(OC)cc4)oc3c2)cc(OCC)c1OCC. The zero-order valence-electron chi connectivity index (χ0n) is 20.2. The minimum atomic E-state index is -0.316. The molecule has 1 N–H and O–H groups in total. The third-order valence-electron chi connectivity index (χ3n) is 5.15. The summed E-state index contributed by atoms with van der Waals surface area (Å²) in [4.78, 5) is 17.6. The lowest BCUT2D eigenvalue weighted by Gasteiger charge is -2.17. The number of amides is 1. The number of nitrogens with zero attached hydrogens (tertiary/aromatic N) is 1. The molecule has 0 aliphatic rings. The van der Waals surface area contributed by atoms with Crippen LogP contribution in [0.15, 0.2) is 59.0 Å². The molecule has 0 saturated carbocycles. The van der Waals surface area contributed by atoms with Gasteiger partial charge < -0.3 is 28.7 Å². The molecule has 0 aliphatic carbocycles. The van der Waals surface area contributed by atoms with Crippen LogP contribution in [0, 0.1) is 0 Å². The number of ether oxygens (including phenoxy) is 4. The highest BCUT2D eigenvalue weighted by molar-refractivity contribution is 6.05. The molecule has 182 valence electrons. The van der Waals surface area contributed by atoms with Crippen molar-refractivity contribution in [2.24, 2.45) is 0 Å². The fraction of sp³-hybridized carbons (Fsp3) is 0.259. The number of rotatable bonds is 10. The van der Waals surface area contributed by atoms with Gasteiger partial charge in [0.05, 0.1) is 26.9 Å². The third-order valence-corrected chi connectivity index (χ3v) is 5.15. The lowest BCUT2D eigenvalue weighted by molar-refractivity contribution is 0.102. The molecule has 8 nitrogen and oxygen atoms in total. The van der Waals surface area contributed by atoms with E-state index < -0.39 is 0 Å². The van der Waals surface area contributed by atoms with Crippen molar-refractivity contribution in [1.82, 2.24) is 4.98 Å². The standard InChI is InChI=1S/C27H28N2O6/c1-5-32-23-14-18(15-24(33-6-2)25(23)34-7-3)26(30)28-19-10-13-21-22(16-19)35-27(29-21)17-8-11-20(31-4)12-9-17/h8-16H,5-7H2,1-4H3,(H,28,30). The van der Waals surface area contributed by atoms with Crippen LogP contribution in [0.5, 0.6) is 23.0 Å². The summed E-state index contributed by atoms with van der Waals surface area (Å²) in [5, 5.41) is 2.91. The number of nitrogens with one attached hydrogen (secondary N) is 1. The summed E-state index contributed by atoms with van der Waals surface area (Å²) < 4.78 is 28.3. The van der Waals surface area contributed by atoms with Crippen molar-refractivity contribution in [2.75, 3.05) is 32.2 Å². The van der Waals surface area contributed by atoms with Crippen LogP contribution in [0.1, 0.15) is 31.1 Å². The van der Waals surface area contributed by atoms with E-state index in [-0.39, 0.29) is 5.91 Å². The minimum absolute atomic E-state index is 0.316. The van der Waals surface area contributed by atoms with E-state index in [9.17, 15) is 4.79 Å². The molecule has 1 heterocycles. The van der Waals surface area contributed by atoms with Crippen molar-refractivity contribution in [2.45, 2.75) is 20.8 Å². The summed E-state index contributed by atoms with van der Waals surface area (Å²) in [6, 6.07) is 16.1. The number of anilines is 1. The molecule has 0 spiro atoms. The van der Waals surface area contributed by atoms with Crippen LogP contribution in [0.25, 0.3) is 22.6 Å². The van der Waals surface area contributed by atoms with Gasteiger partial charge >= 0.3 is 0 Å². The Morgan fingerprint density at radius 2 is 1.54 bits per heavy atom. The molecule has 0 radical (unpaired) electrons. The molecule has 4 rings (SSSR count). The van der Waals surface area contributed by atoms with Crippen molar-refractivity contribution in [1.29, 1.82) is 0 Å². The van der Waals surface area contributed by atoms with Crippen LogP contribution < -0.4 is 24.3 Å². The summed E-state index contributed by atoms with van der Waals surface area (Å²) in [5.74, 6) is 2.33. The zero-order valence-corrected chi connectivity index (χ0v) is 20.2. The second kappa shape index (κ2) is 10.8. The second-order valence-electron chi connectivity index (χ2n) is 7.48. The Kier molecular flexibility index (Phi) is 7.40. The van der Waals surface area contributed by atoms with Gasteiger partial charge in [0.15, 0.2) is 17.1 Å². The van der Waals surface area contributed by atoms with Gasteiger partial charge in [-0.15, -0.1) is 0 Å². The molecule has 1 aromatic heterocycles. The molecule has 0 aliphatic heterocycles. The van der Waals surface area contributed by atoms with E-state index in [0.29, 0.717) is 65.3 Å². The molecule has 3 aromatic carbocycles. The first-order chi connectivity index (χ1) is 17.1. The number of hydrogen-bond acceptors (Lipinski definition) is 7. The monoisotopic (exact) mass is 476 g/mol. The Labute approximate surface area is 203 Å². The maximum Gasteiger partial charge on any atom is 0.255 e. The third kappa shape index (κ3) is 5.32. The Balaban J connectivity index is 1.60. The topological polar surface area (TPSA) is 92.1 Å². The average Bonchev–Trinajstić information content (AvgIpc) is 3.29. The summed E-state index contributed by atoms with van der Waals surface area (Å²) in [6.07, 6.45) is 0. The fourth-order valence-corrected chi connectivity index (χ4v) is 3.58. The van der Waals surface area contributed by atoms with E-state index in [1.54, 1.807) is 37.4 Å². The van der Waals surface area contributed by atoms with Crippen LogP contribution >= 0.6 is 0 Å². The van der Waals surface area contributed by atoms with Gasteiger partial charge in [0.2, 0.25) is 11.6 Å². The molecule has 1 amide bonds. The number of methoxy groups -OCH3 is 1. The zero-order chi connectivity index (χ0) is 24.8. The van der Waals surface area contributed by atoms with Gasteiger partial charge in [-0.2, -0.15) is 0 Å². The molecule has 4 aromatic rings. The first-order valence-corrected chi connectivity index (χ1v) is 11.5. The van der Waals surface area contributed by atoms with Gasteiger partial charge in [-0.25, -0.2) is 4.98 Å². The van der Waals surface area contributed by atoms with Crippen molar-refractivity contribution in [3.05, 3.63) is 60.2 Å². The minimum Gasteiger partial charge on any atom is -0.497 e. The predicted molar refractivity (Wildman–Crippen MR) is 134 cm³/mol. The molecule has 0 fully saturated rings. The predicted octanol–water partition coefficient (Wildman–Crippen LogP) is 5.95. The Morgan fingerprint density at radius 1 is 0.886 bits per heavy atom. The number of benzene rings is 3. The summed E-state index contributed by atoms with van der Waals surface area (Å²) in [5.41, 5.74) is 3.04. The highest BCUT2D eigenvalue weighted by atomic mass is 16.5. The van der Waals surface area contributed by atoms with Crippen LogP contribution in [-0.2, 0) is 0 Å². The summed E-state index contributed by atoms with van der Waals surface area (Å²) in [7, 11) is 1.62. The van der Waals surface area contributed by atoms with Gasteiger partial charge in [-0.1, -0.05) is 0 Å². The Bertz CT molecular complexity index is 1290. The average molecular weight is 477 g/mol. The Hall–Kier alpha value is -4.20. The molecule has 0 bridgehead atoms. The molecule has 0 atom stereocenters. The van der Waals surface area contributed by atoms with E-state index in [2.05, 4.69) is 10.3 Å². The Morgan fingerprint density at radius 3 is 2.14 bits per heavy atom. The molecule has 8 heteroatoms. The van der Waals surface area contributed by atoms with Crippen molar-refractivity contribution < 1.29 is 28.2 Å². The molecule has 0 unspecified atom stereocenters. The van der Waals surface area contributed by atoms with E-state index in [1.165, 1.54) is 0 Å². The first-order valence-electron chi connectivity index (χ1n) is 11.5. The van der Waals surface area contributed by atoms with Crippen LogP contribution in [0.3, 0.4) is 0 Å². The van der Waals surface area contributed by atoms with Crippen LogP contribution in [0.4, 0.5) is 5.69 Å². The molecular formula is C27H28N2O6. The van der Waals surface area contributed by atoms with Crippen molar-refractivity contribution >= 4 is 22.7 Å².